The molecule has 5 heteroatoms. The Hall–Kier alpha value is -0.540. The van der Waals surface area contributed by atoms with E-state index in [1.807, 2.05) is 0 Å². The van der Waals surface area contributed by atoms with E-state index in [0.717, 1.165) is 0 Å². The molecule has 0 N–H and O–H groups in total. The van der Waals surface area contributed by atoms with Gasteiger partial charge in [-0.05, 0) is 18.9 Å². The van der Waals surface area contributed by atoms with E-state index < -0.39 is 4.92 Å². The second kappa shape index (κ2) is 3.46. The molecule has 0 saturated heterocycles. The lowest BCUT2D eigenvalue weighted by Gasteiger charge is -2.11. The molecule has 0 saturated carbocycles. The smallest absolute Gasteiger partial charge is 0.259 e. The van der Waals surface area contributed by atoms with Crippen molar-refractivity contribution < 1.29 is 4.92 Å². The van der Waals surface area contributed by atoms with E-state index in [1.54, 1.807) is 6.92 Å². The first kappa shape index (κ1) is 9.55. The first-order chi connectivity index (χ1) is 5.54. The van der Waals surface area contributed by atoms with Gasteiger partial charge in [0.05, 0.1) is 4.92 Å². The van der Waals surface area contributed by atoms with Gasteiger partial charge in [-0.2, -0.15) is 0 Å². The molecule has 3 nitrogen and oxygen atoms in total. The van der Waals surface area contributed by atoms with Gasteiger partial charge in [0.2, 0.25) is 0 Å². The fourth-order valence-electron chi connectivity index (χ4n) is 1.03. The van der Waals surface area contributed by atoms with Crippen molar-refractivity contribution in [2.24, 2.45) is 0 Å². The van der Waals surface area contributed by atoms with Crippen LogP contribution in [0, 0.1) is 10.1 Å². The van der Waals surface area contributed by atoms with E-state index in [9.17, 15) is 10.1 Å². The van der Waals surface area contributed by atoms with E-state index in [2.05, 4.69) is 0 Å². The van der Waals surface area contributed by atoms with Crippen LogP contribution in [0.4, 0.5) is 0 Å². The van der Waals surface area contributed by atoms with Crippen LogP contribution in [0.1, 0.15) is 19.8 Å². The lowest BCUT2D eigenvalue weighted by atomic mass is 10.1. The summed E-state index contributed by atoms with van der Waals surface area (Å²) in [4.78, 5) is 9.97. The van der Waals surface area contributed by atoms with Crippen molar-refractivity contribution in [3.63, 3.8) is 0 Å². The monoisotopic (exact) mass is 207 g/mol. The minimum Gasteiger partial charge on any atom is -0.259 e. The second-order valence-electron chi connectivity index (χ2n) is 2.55. The molecule has 0 radical (unpaired) electrons. The highest BCUT2D eigenvalue weighted by Gasteiger charge is 2.24. The van der Waals surface area contributed by atoms with Crippen molar-refractivity contribution in [1.29, 1.82) is 0 Å². The van der Waals surface area contributed by atoms with Gasteiger partial charge in [-0.1, -0.05) is 23.2 Å². The highest BCUT2D eigenvalue weighted by atomic mass is 35.5. The van der Waals surface area contributed by atoms with Crippen molar-refractivity contribution in [2.45, 2.75) is 19.8 Å². The molecule has 0 aromatic heterocycles. The first-order valence-corrected chi connectivity index (χ1v) is 4.18. The summed E-state index contributed by atoms with van der Waals surface area (Å²) >= 11 is 11.5. The number of halogens is 2. The Morgan fingerprint density at radius 3 is 2.50 bits per heavy atom. The van der Waals surface area contributed by atoms with Crippen molar-refractivity contribution >= 4 is 23.2 Å². The van der Waals surface area contributed by atoms with Crippen LogP contribution in [0.25, 0.3) is 0 Å². The fourth-order valence-corrected chi connectivity index (χ4v) is 1.55. The van der Waals surface area contributed by atoms with Crippen LogP contribution in [0.15, 0.2) is 21.3 Å². The number of nitro groups is 1. The van der Waals surface area contributed by atoms with Crippen LogP contribution in [0.5, 0.6) is 0 Å². The Kier molecular flexibility index (Phi) is 2.75. The average molecular weight is 208 g/mol. The predicted molar refractivity (Wildman–Crippen MR) is 47.7 cm³/mol. The zero-order valence-electron chi connectivity index (χ0n) is 6.43. The van der Waals surface area contributed by atoms with Gasteiger partial charge in [-0.25, -0.2) is 0 Å². The van der Waals surface area contributed by atoms with Crippen molar-refractivity contribution in [3.05, 3.63) is 31.4 Å². The maximum atomic E-state index is 10.4. The maximum Gasteiger partial charge on any atom is 0.265 e. The summed E-state index contributed by atoms with van der Waals surface area (Å²) in [5.41, 5.74) is 0.690. The van der Waals surface area contributed by atoms with Crippen LogP contribution in [-0.4, -0.2) is 4.92 Å². The highest BCUT2D eigenvalue weighted by Crippen LogP contribution is 2.34. The summed E-state index contributed by atoms with van der Waals surface area (Å²) < 4.78 is 0. The Labute approximate surface area is 79.8 Å². The highest BCUT2D eigenvalue weighted by molar-refractivity contribution is 6.36. The number of hydrogen-bond acceptors (Lipinski definition) is 2. The molecule has 0 amide bonds. The minimum absolute atomic E-state index is 0.0681. The third-order valence-corrected chi connectivity index (χ3v) is 2.77. The topological polar surface area (TPSA) is 43.1 Å². The molecule has 1 aliphatic rings. The van der Waals surface area contributed by atoms with Crippen molar-refractivity contribution in [2.75, 3.05) is 0 Å². The quantitative estimate of drug-likeness (QED) is 0.491. The van der Waals surface area contributed by atoms with Gasteiger partial charge in [0.1, 0.15) is 5.03 Å². The van der Waals surface area contributed by atoms with Gasteiger partial charge in [0, 0.05) is 11.5 Å². The van der Waals surface area contributed by atoms with Crippen LogP contribution in [0.2, 0.25) is 0 Å². The SMILES string of the molecule is CC1=C(Cl)CCC([N+](=O)[O-])=C1Cl. The molecule has 0 aliphatic heterocycles. The van der Waals surface area contributed by atoms with Gasteiger partial charge in [0.15, 0.2) is 0 Å². The molecular formula is C7H7Cl2NO2. The van der Waals surface area contributed by atoms with Crippen molar-refractivity contribution in [1.82, 2.24) is 0 Å². The van der Waals surface area contributed by atoms with Gasteiger partial charge >= 0.3 is 0 Å². The van der Waals surface area contributed by atoms with E-state index >= 15 is 0 Å². The third-order valence-electron chi connectivity index (χ3n) is 1.79. The minimum atomic E-state index is -0.449. The standard InChI is InChI=1S/C7H7Cl2NO2/c1-4-5(8)2-3-6(7(4)9)10(11)12/h2-3H2,1H3. The zero-order valence-corrected chi connectivity index (χ0v) is 7.95. The number of hydrogen-bond donors (Lipinski definition) is 0. The molecule has 0 atom stereocenters. The molecule has 1 aliphatic carbocycles. The zero-order chi connectivity index (χ0) is 9.30. The molecule has 0 fully saturated rings. The van der Waals surface area contributed by atoms with E-state index in [1.165, 1.54) is 0 Å². The first-order valence-electron chi connectivity index (χ1n) is 3.42. The number of nitrogens with zero attached hydrogens (tertiary/aromatic N) is 1. The van der Waals surface area contributed by atoms with E-state index in [0.29, 0.717) is 23.4 Å². The summed E-state index contributed by atoms with van der Waals surface area (Å²) in [7, 11) is 0. The van der Waals surface area contributed by atoms with Crippen LogP contribution in [-0.2, 0) is 0 Å². The normalized spacial score (nSPS) is 18.6. The summed E-state index contributed by atoms with van der Waals surface area (Å²) in [6, 6.07) is 0. The van der Waals surface area contributed by atoms with Gasteiger partial charge in [0.25, 0.3) is 5.70 Å². The molecule has 1 rings (SSSR count). The predicted octanol–water partition coefficient (Wildman–Crippen LogP) is 3.02. The fraction of sp³-hybridized carbons (Fsp3) is 0.429. The largest absolute Gasteiger partial charge is 0.265 e. The van der Waals surface area contributed by atoms with E-state index in [4.69, 9.17) is 23.2 Å². The summed E-state index contributed by atoms with van der Waals surface area (Å²) in [6.45, 7) is 1.69. The van der Waals surface area contributed by atoms with Gasteiger partial charge in [-0.15, -0.1) is 0 Å². The van der Waals surface area contributed by atoms with Gasteiger partial charge in [-0.3, -0.25) is 10.1 Å². The Balaban J connectivity index is 3.11. The van der Waals surface area contributed by atoms with Crippen LogP contribution in [0.3, 0.4) is 0 Å². The Bertz CT molecular complexity index is 294. The molecular weight excluding hydrogens is 201 g/mol. The number of allylic oxidation sites excluding steroid dienone is 4. The molecule has 0 spiro atoms. The Morgan fingerprint density at radius 1 is 1.42 bits per heavy atom. The van der Waals surface area contributed by atoms with E-state index in [-0.39, 0.29) is 10.7 Å². The molecule has 0 unspecified atom stereocenters. The Morgan fingerprint density at radius 2 is 2.00 bits per heavy atom. The summed E-state index contributed by atoms with van der Waals surface area (Å²) in [6.07, 6.45) is 0.835. The third kappa shape index (κ3) is 1.62. The average Bonchev–Trinajstić information content (AvgIpc) is 2.00. The molecule has 66 valence electrons. The van der Waals surface area contributed by atoms with Crippen LogP contribution >= 0.6 is 23.2 Å². The summed E-state index contributed by atoms with van der Waals surface area (Å²) in [5, 5.41) is 11.2. The summed E-state index contributed by atoms with van der Waals surface area (Å²) in [5.74, 6) is 0. The molecule has 0 bridgehead atoms. The number of rotatable bonds is 1. The molecule has 0 heterocycles. The molecule has 0 aromatic rings. The molecule has 12 heavy (non-hydrogen) atoms. The lowest BCUT2D eigenvalue weighted by Crippen LogP contribution is -2.06. The van der Waals surface area contributed by atoms with Crippen LogP contribution < -0.4 is 0 Å². The van der Waals surface area contributed by atoms with Gasteiger partial charge < -0.3 is 0 Å². The molecule has 0 aromatic carbocycles. The lowest BCUT2D eigenvalue weighted by molar-refractivity contribution is -0.428. The van der Waals surface area contributed by atoms with Crippen molar-refractivity contribution in [3.8, 4) is 0 Å². The second-order valence-corrected chi connectivity index (χ2v) is 3.38. The maximum absolute atomic E-state index is 10.4.